The van der Waals surface area contributed by atoms with Gasteiger partial charge >= 0.3 is 0 Å². The summed E-state index contributed by atoms with van der Waals surface area (Å²) in [5.74, 6) is 2.38. The molecule has 4 rings (SSSR count). The summed E-state index contributed by atoms with van der Waals surface area (Å²) in [4.78, 5) is 0. The van der Waals surface area contributed by atoms with Gasteiger partial charge in [-0.2, -0.15) is 0 Å². The van der Waals surface area contributed by atoms with Gasteiger partial charge in [-0.1, -0.05) is 48.5 Å². The van der Waals surface area contributed by atoms with Crippen molar-refractivity contribution in [3.05, 3.63) is 96.1 Å². The molecule has 0 aromatic heterocycles. The van der Waals surface area contributed by atoms with E-state index < -0.39 is 0 Å². The Kier molecular flexibility index (Phi) is 6.31. The monoisotopic (exact) mass is 426 g/mol. The van der Waals surface area contributed by atoms with Gasteiger partial charge in [-0.15, -0.1) is 0 Å². The molecule has 0 bridgehead atoms. The molecule has 0 saturated heterocycles. The lowest BCUT2D eigenvalue weighted by molar-refractivity contribution is 0.284. The lowest BCUT2D eigenvalue weighted by Gasteiger charge is -2.16. The number of ether oxygens (including phenoxy) is 3. The fourth-order valence-electron chi connectivity index (χ4n) is 3.72. The molecule has 4 aromatic carbocycles. The number of aromatic hydroxyl groups is 1. The molecule has 32 heavy (non-hydrogen) atoms. The Bertz CT molecular complexity index is 1200. The number of methoxy groups -OCH3 is 2. The molecule has 0 radical (unpaired) electrons. The van der Waals surface area contributed by atoms with E-state index in [0.29, 0.717) is 18.1 Å². The Morgan fingerprint density at radius 3 is 2.03 bits per heavy atom. The van der Waals surface area contributed by atoms with E-state index in [-0.39, 0.29) is 5.75 Å². The minimum atomic E-state index is 0.239. The topological polar surface area (TPSA) is 47.9 Å². The van der Waals surface area contributed by atoms with Crippen molar-refractivity contribution >= 4 is 0 Å². The molecular formula is C28H26O4. The molecule has 0 spiro atoms. The Labute approximate surface area is 188 Å². The number of benzene rings is 4. The second-order valence-corrected chi connectivity index (χ2v) is 7.55. The predicted molar refractivity (Wildman–Crippen MR) is 128 cm³/mol. The summed E-state index contributed by atoms with van der Waals surface area (Å²) >= 11 is 0. The van der Waals surface area contributed by atoms with E-state index in [1.165, 1.54) is 0 Å². The highest BCUT2D eigenvalue weighted by Crippen LogP contribution is 2.39. The Morgan fingerprint density at radius 1 is 0.656 bits per heavy atom. The first kappa shape index (κ1) is 21.3. The minimum Gasteiger partial charge on any atom is -0.508 e. The standard InChI is InChI=1S/C28H26O4/c1-19-15-25(21-9-12-23(29)13-10-21)27(30-2)17-24(19)22-11-14-26(28(16-22)31-3)32-18-20-7-5-4-6-8-20/h4-17,29H,18H2,1-3H3. The van der Waals surface area contributed by atoms with E-state index in [4.69, 9.17) is 14.2 Å². The molecule has 0 aliphatic rings. The van der Waals surface area contributed by atoms with Crippen LogP contribution in [0.2, 0.25) is 0 Å². The highest BCUT2D eigenvalue weighted by atomic mass is 16.5. The predicted octanol–water partition coefficient (Wildman–Crippen LogP) is 6.63. The summed E-state index contributed by atoms with van der Waals surface area (Å²) in [7, 11) is 3.31. The van der Waals surface area contributed by atoms with Gasteiger partial charge in [0.05, 0.1) is 14.2 Å². The minimum absolute atomic E-state index is 0.239. The molecule has 1 N–H and O–H groups in total. The first-order valence-corrected chi connectivity index (χ1v) is 10.4. The third kappa shape index (κ3) is 4.54. The summed E-state index contributed by atoms with van der Waals surface area (Å²) in [6.45, 7) is 2.55. The van der Waals surface area contributed by atoms with Crippen molar-refractivity contribution in [2.45, 2.75) is 13.5 Å². The first-order valence-electron chi connectivity index (χ1n) is 10.4. The third-order valence-corrected chi connectivity index (χ3v) is 5.44. The van der Waals surface area contributed by atoms with Gasteiger partial charge in [-0.25, -0.2) is 0 Å². The van der Waals surface area contributed by atoms with Crippen LogP contribution >= 0.6 is 0 Å². The average Bonchev–Trinajstić information content (AvgIpc) is 2.83. The van der Waals surface area contributed by atoms with Crippen molar-refractivity contribution in [2.24, 2.45) is 0 Å². The smallest absolute Gasteiger partial charge is 0.161 e. The van der Waals surface area contributed by atoms with Crippen molar-refractivity contribution in [3.63, 3.8) is 0 Å². The van der Waals surface area contributed by atoms with E-state index in [0.717, 1.165) is 39.1 Å². The summed E-state index contributed by atoms with van der Waals surface area (Å²) in [5.41, 5.74) is 6.23. The Balaban J connectivity index is 1.66. The Hall–Kier alpha value is -3.92. The van der Waals surface area contributed by atoms with Crippen LogP contribution in [0.25, 0.3) is 22.3 Å². The molecule has 0 aliphatic carbocycles. The van der Waals surface area contributed by atoms with Crippen LogP contribution in [0.4, 0.5) is 0 Å². The largest absolute Gasteiger partial charge is 0.508 e. The second-order valence-electron chi connectivity index (χ2n) is 7.55. The summed E-state index contributed by atoms with van der Waals surface area (Å²) in [6.07, 6.45) is 0. The molecule has 0 saturated carbocycles. The number of rotatable bonds is 7. The molecule has 0 atom stereocenters. The van der Waals surface area contributed by atoms with Crippen LogP contribution in [-0.4, -0.2) is 19.3 Å². The fourth-order valence-corrected chi connectivity index (χ4v) is 3.72. The molecule has 0 aliphatic heterocycles. The van der Waals surface area contributed by atoms with E-state index >= 15 is 0 Å². The van der Waals surface area contributed by atoms with Gasteiger partial charge < -0.3 is 19.3 Å². The van der Waals surface area contributed by atoms with Crippen molar-refractivity contribution in [2.75, 3.05) is 14.2 Å². The maximum atomic E-state index is 9.60. The van der Waals surface area contributed by atoms with E-state index in [9.17, 15) is 5.11 Å². The third-order valence-electron chi connectivity index (χ3n) is 5.44. The number of phenols is 1. The molecule has 4 aromatic rings. The van der Waals surface area contributed by atoms with Gasteiger partial charge in [-0.3, -0.25) is 0 Å². The van der Waals surface area contributed by atoms with Crippen LogP contribution < -0.4 is 14.2 Å². The van der Waals surface area contributed by atoms with Gasteiger partial charge in [0, 0.05) is 5.56 Å². The molecule has 162 valence electrons. The second kappa shape index (κ2) is 9.48. The molecule has 0 unspecified atom stereocenters. The number of hydrogen-bond acceptors (Lipinski definition) is 4. The van der Waals surface area contributed by atoms with E-state index in [1.54, 1.807) is 26.4 Å². The van der Waals surface area contributed by atoms with E-state index in [1.807, 2.05) is 66.7 Å². The molecule has 0 amide bonds. The van der Waals surface area contributed by atoms with E-state index in [2.05, 4.69) is 13.0 Å². The zero-order chi connectivity index (χ0) is 22.5. The van der Waals surface area contributed by atoms with Crippen LogP contribution in [0.5, 0.6) is 23.0 Å². The molecule has 0 fully saturated rings. The molecule has 4 nitrogen and oxygen atoms in total. The van der Waals surface area contributed by atoms with Crippen LogP contribution in [-0.2, 0) is 6.61 Å². The first-order chi connectivity index (χ1) is 15.6. The van der Waals surface area contributed by atoms with Gasteiger partial charge in [-0.05, 0) is 71.1 Å². The Morgan fingerprint density at radius 2 is 1.34 bits per heavy atom. The van der Waals surface area contributed by atoms with Crippen molar-refractivity contribution in [1.29, 1.82) is 0 Å². The van der Waals surface area contributed by atoms with Gasteiger partial charge in [0.1, 0.15) is 18.1 Å². The van der Waals surface area contributed by atoms with Crippen molar-refractivity contribution in [1.82, 2.24) is 0 Å². The highest BCUT2D eigenvalue weighted by molar-refractivity contribution is 5.80. The van der Waals surface area contributed by atoms with Gasteiger partial charge in [0.15, 0.2) is 11.5 Å². The maximum Gasteiger partial charge on any atom is 0.161 e. The number of phenolic OH excluding ortho intramolecular Hbond substituents is 1. The van der Waals surface area contributed by atoms with Crippen LogP contribution in [0, 0.1) is 6.92 Å². The normalized spacial score (nSPS) is 10.6. The van der Waals surface area contributed by atoms with Crippen LogP contribution in [0.3, 0.4) is 0 Å². The molecule has 0 heterocycles. The average molecular weight is 427 g/mol. The van der Waals surface area contributed by atoms with Crippen LogP contribution in [0.15, 0.2) is 84.9 Å². The molecular weight excluding hydrogens is 400 g/mol. The summed E-state index contributed by atoms with van der Waals surface area (Å²) < 4.78 is 17.3. The van der Waals surface area contributed by atoms with Crippen molar-refractivity contribution < 1.29 is 19.3 Å². The number of aryl methyl sites for hydroxylation is 1. The van der Waals surface area contributed by atoms with Crippen molar-refractivity contribution in [3.8, 4) is 45.3 Å². The fraction of sp³-hybridized carbons (Fsp3) is 0.143. The number of hydrogen-bond donors (Lipinski definition) is 1. The lowest BCUT2D eigenvalue weighted by Crippen LogP contribution is -1.98. The molecule has 4 heteroatoms. The van der Waals surface area contributed by atoms with Crippen LogP contribution in [0.1, 0.15) is 11.1 Å². The maximum absolute atomic E-state index is 9.60. The quantitative estimate of drug-likeness (QED) is 0.360. The summed E-state index contributed by atoms with van der Waals surface area (Å²) in [5, 5.41) is 9.60. The lowest BCUT2D eigenvalue weighted by atomic mass is 9.94. The zero-order valence-corrected chi connectivity index (χ0v) is 18.5. The van der Waals surface area contributed by atoms with Gasteiger partial charge in [0.2, 0.25) is 0 Å². The van der Waals surface area contributed by atoms with Gasteiger partial charge in [0.25, 0.3) is 0 Å². The summed E-state index contributed by atoms with van der Waals surface area (Å²) in [6, 6.07) is 27.3. The SMILES string of the molecule is COc1cc(-c2cc(OC)c(-c3ccc(O)cc3)cc2C)ccc1OCc1ccccc1. The zero-order valence-electron chi connectivity index (χ0n) is 18.5. The highest BCUT2D eigenvalue weighted by Gasteiger charge is 2.14.